The lowest BCUT2D eigenvalue weighted by molar-refractivity contribution is 0.271. The number of rotatable bonds is 5. The maximum Gasteiger partial charge on any atom is 0.119 e. The predicted octanol–water partition coefficient (Wildman–Crippen LogP) is 1.45. The van der Waals surface area contributed by atoms with Crippen molar-refractivity contribution in [3.8, 4) is 5.75 Å². The van der Waals surface area contributed by atoms with Gasteiger partial charge in [-0.2, -0.15) is 0 Å². The van der Waals surface area contributed by atoms with Crippen LogP contribution in [0.2, 0.25) is 0 Å². The number of aliphatic hydroxyl groups excluding tert-OH is 1. The van der Waals surface area contributed by atoms with Crippen molar-refractivity contribution in [2.75, 3.05) is 13.2 Å². The molecule has 0 saturated carbocycles. The Kier molecular flexibility index (Phi) is 4.79. The van der Waals surface area contributed by atoms with E-state index >= 15 is 0 Å². The smallest absolute Gasteiger partial charge is 0.119 e. The average molecular weight is 213 g/mol. The topological polar surface area (TPSA) is 55.5 Å². The van der Waals surface area contributed by atoms with Gasteiger partial charge in [-0.1, -0.05) is 11.8 Å². The minimum atomic E-state index is -0.534. The standard InChI is InChI=1S/C10H15NO2S/c1-2-13-8-3-5-9(6-4-8)14-10(12)7-11/h3-6,10,12H,2,7,11H2,1H3. The van der Waals surface area contributed by atoms with Gasteiger partial charge in [-0.05, 0) is 31.2 Å². The van der Waals surface area contributed by atoms with E-state index in [0.717, 1.165) is 10.6 Å². The molecule has 1 atom stereocenters. The third-order valence-electron chi connectivity index (χ3n) is 1.61. The summed E-state index contributed by atoms with van der Waals surface area (Å²) in [6.45, 7) is 2.87. The highest BCUT2D eigenvalue weighted by molar-refractivity contribution is 7.99. The minimum Gasteiger partial charge on any atom is -0.494 e. The molecule has 3 nitrogen and oxygen atoms in total. The highest BCUT2D eigenvalue weighted by atomic mass is 32.2. The van der Waals surface area contributed by atoms with Crippen LogP contribution in [0.4, 0.5) is 0 Å². The maximum atomic E-state index is 9.29. The number of benzene rings is 1. The van der Waals surface area contributed by atoms with Gasteiger partial charge in [-0.15, -0.1) is 0 Å². The second-order valence-electron chi connectivity index (χ2n) is 2.71. The van der Waals surface area contributed by atoms with Gasteiger partial charge < -0.3 is 15.6 Å². The van der Waals surface area contributed by atoms with E-state index in [1.165, 1.54) is 11.8 Å². The van der Waals surface area contributed by atoms with E-state index in [4.69, 9.17) is 10.5 Å². The van der Waals surface area contributed by atoms with Gasteiger partial charge in [0.15, 0.2) is 0 Å². The quantitative estimate of drug-likeness (QED) is 0.574. The van der Waals surface area contributed by atoms with Gasteiger partial charge in [0.1, 0.15) is 11.2 Å². The zero-order valence-electron chi connectivity index (χ0n) is 8.14. The SMILES string of the molecule is CCOc1ccc(SC(O)CN)cc1. The first-order valence-electron chi connectivity index (χ1n) is 4.54. The Balaban J connectivity index is 2.54. The first-order chi connectivity index (χ1) is 6.76. The van der Waals surface area contributed by atoms with Crippen LogP contribution in [-0.4, -0.2) is 23.7 Å². The summed E-state index contributed by atoms with van der Waals surface area (Å²) in [6, 6.07) is 7.59. The van der Waals surface area contributed by atoms with E-state index < -0.39 is 5.44 Å². The van der Waals surface area contributed by atoms with Gasteiger partial charge in [-0.3, -0.25) is 0 Å². The van der Waals surface area contributed by atoms with E-state index in [1.54, 1.807) is 0 Å². The predicted molar refractivity (Wildman–Crippen MR) is 58.5 cm³/mol. The Morgan fingerprint density at radius 2 is 2.07 bits per heavy atom. The van der Waals surface area contributed by atoms with Crippen LogP contribution >= 0.6 is 11.8 Å². The van der Waals surface area contributed by atoms with Crippen molar-refractivity contribution in [2.45, 2.75) is 17.3 Å². The summed E-state index contributed by atoms with van der Waals surface area (Å²) in [6.07, 6.45) is 0. The molecule has 0 aliphatic rings. The molecule has 1 unspecified atom stereocenters. The Labute approximate surface area is 88.3 Å². The first kappa shape index (κ1) is 11.4. The molecule has 3 N–H and O–H groups in total. The fourth-order valence-corrected chi connectivity index (χ4v) is 1.69. The minimum absolute atomic E-state index is 0.262. The second-order valence-corrected chi connectivity index (χ2v) is 3.96. The van der Waals surface area contributed by atoms with Crippen LogP contribution in [0.5, 0.6) is 5.75 Å². The molecule has 1 aromatic carbocycles. The molecule has 1 rings (SSSR count). The zero-order chi connectivity index (χ0) is 10.4. The summed E-state index contributed by atoms with van der Waals surface area (Å²) in [4.78, 5) is 0.992. The maximum absolute atomic E-state index is 9.29. The molecule has 0 saturated heterocycles. The molecule has 14 heavy (non-hydrogen) atoms. The highest BCUT2D eigenvalue weighted by Gasteiger charge is 2.03. The molecule has 0 amide bonds. The van der Waals surface area contributed by atoms with Crippen molar-refractivity contribution in [1.29, 1.82) is 0 Å². The Morgan fingerprint density at radius 3 is 2.57 bits per heavy atom. The number of thioether (sulfide) groups is 1. The monoisotopic (exact) mass is 213 g/mol. The van der Waals surface area contributed by atoms with E-state index in [9.17, 15) is 5.11 Å². The van der Waals surface area contributed by atoms with Crippen LogP contribution in [0, 0.1) is 0 Å². The molecule has 1 aromatic rings. The number of ether oxygens (including phenoxy) is 1. The van der Waals surface area contributed by atoms with Crippen molar-refractivity contribution in [3.63, 3.8) is 0 Å². The number of hydrogen-bond acceptors (Lipinski definition) is 4. The van der Waals surface area contributed by atoms with Crippen molar-refractivity contribution in [2.24, 2.45) is 5.73 Å². The molecule has 0 aliphatic heterocycles. The summed E-state index contributed by atoms with van der Waals surface area (Å²) >= 11 is 1.35. The van der Waals surface area contributed by atoms with Crippen LogP contribution in [0.3, 0.4) is 0 Å². The molecule has 0 aromatic heterocycles. The van der Waals surface area contributed by atoms with E-state index in [-0.39, 0.29) is 6.54 Å². The van der Waals surface area contributed by atoms with Crippen LogP contribution in [0.15, 0.2) is 29.2 Å². The van der Waals surface area contributed by atoms with Crippen LogP contribution in [0.25, 0.3) is 0 Å². The zero-order valence-corrected chi connectivity index (χ0v) is 8.96. The van der Waals surface area contributed by atoms with E-state index in [0.29, 0.717) is 6.61 Å². The van der Waals surface area contributed by atoms with Crippen LogP contribution in [0.1, 0.15) is 6.92 Å². The third-order valence-corrected chi connectivity index (χ3v) is 2.62. The van der Waals surface area contributed by atoms with Gasteiger partial charge in [0.05, 0.1) is 6.61 Å². The molecule has 0 aliphatic carbocycles. The van der Waals surface area contributed by atoms with Crippen molar-refractivity contribution in [3.05, 3.63) is 24.3 Å². The lowest BCUT2D eigenvalue weighted by Crippen LogP contribution is -2.15. The van der Waals surface area contributed by atoms with Gasteiger partial charge in [0, 0.05) is 11.4 Å². The number of aliphatic hydroxyl groups is 1. The summed E-state index contributed by atoms with van der Waals surface area (Å²) in [5.74, 6) is 0.846. The molecule has 4 heteroatoms. The van der Waals surface area contributed by atoms with Crippen LogP contribution in [-0.2, 0) is 0 Å². The summed E-state index contributed by atoms with van der Waals surface area (Å²) < 4.78 is 5.30. The van der Waals surface area contributed by atoms with Gasteiger partial charge in [0.25, 0.3) is 0 Å². The summed E-state index contributed by atoms with van der Waals surface area (Å²) in [5.41, 5.74) is 4.77. The lowest BCUT2D eigenvalue weighted by Gasteiger charge is -2.08. The third kappa shape index (κ3) is 3.57. The number of hydrogen-bond donors (Lipinski definition) is 2. The van der Waals surface area contributed by atoms with E-state index in [1.807, 2.05) is 31.2 Å². The number of nitrogens with two attached hydrogens (primary N) is 1. The molecule has 0 spiro atoms. The Hall–Kier alpha value is -0.710. The fourth-order valence-electron chi connectivity index (χ4n) is 0.986. The molecule has 0 bridgehead atoms. The highest BCUT2D eigenvalue weighted by Crippen LogP contribution is 2.23. The molecular formula is C10H15NO2S. The average Bonchev–Trinajstić information content (AvgIpc) is 2.21. The van der Waals surface area contributed by atoms with E-state index in [2.05, 4.69) is 0 Å². The Morgan fingerprint density at radius 1 is 1.43 bits per heavy atom. The van der Waals surface area contributed by atoms with Crippen molar-refractivity contribution in [1.82, 2.24) is 0 Å². The van der Waals surface area contributed by atoms with Crippen LogP contribution < -0.4 is 10.5 Å². The second kappa shape index (κ2) is 5.90. The first-order valence-corrected chi connectivity index (χ1v) is 5.42. The summed E-state index contributed by atoms with van der Waals surface area (Å²) in [7, 11) is 0. The molecule has 0 radical (unpaired) electrons. The largest absolute Gasteiger partial charge is 0.494 e. The molecular weight excluding hydrogens is 198 g/mol. The summed E-state index contributed by atoms with van der Waals surface area (Å²) in [5, 5.41) is 9.29. The lowest BCUT2D eigenvalue weighted by atomic mass is 10.3. The molecule has 0 heterocycles. The van der Waals surface area contributed by atoms with Gasteiger partial charge >= 0.3 is 0 Å². The van der Waals surface area contributed by atoms with Crippen molar-refractivity contribution < 1.29 is 9.84 Å². The van der Waals surface area contributed by atoms with Gasteiger partial charge in [-0.25, -0.2) is 0 Å². The molecule has 0 fully saturated rings. The van der Waals surface area contributed by atoms with Gasteiger partial charge in [0.2, 0.25) is 0 Å². The molecule has 78 valence electrons. The fraction of sp³-hybridized carbons (Fsp3) is 0.400. The Bertz CT molecular complexity index is 263. The van der Waals surface area contributed by atoms with Crippen molar-refractivity contribution >= 4 is 11.8 Å². The normalized spacial score (nSPS) is 12.5.